The average molecular weight is 382 g/mol. The first kappa shape index (κ1) is 17.6. The first-order valence-corrected chi connectivity index (χ1v) is 9.26. The van der Waals surface area contributed by atoms with Crippen LogP contribution in [-0.4, -0.2) is 49.1 Å². The lowest BCUT2D eigenvalue weighted by molar-refractivity contribution is 0.0741. The third-order valence-corrected chi connectivity index (χ3v) is 5.09. The Hall–Kier alpha value is -2.79. The van der Waals surface area contributed by atoms with E-state index in [2.05, 4.69) is 9.88 Å². The molecule has 0 bridgehead atoms. The Kier molecular flexibility index (Phi) is 4.86. The van der Waals surface area contributed by atoms with Gasteiger partial charge in [-0.25, -0.2) is 4.98 Å². The monoisotopic (exact) mass is 381 g/mol. The van der Waals surface area contributed by atoms with Gasteiger partial charge in [0.1, 0.15) is 11.4 Å². The van der Waals surface area contributed by atoms with Crippen LogP contribution in [0.4, 0.5) is 5.69 Å². The van der Waals surface area contributed by atoms with Crippen molar-refractivity contribution in [2.45, 2.75) is 0 Å². The lowest BCUT2D eigenvalue weighted by Crippen LogP contribution is -2.49. The third-order valence-electron chi connectivity index (χ3n) is 4.86. The van der Waals surface area contributed by atoms with Crippen molar-refractivity contribution in [2.24, 2.45) is 0 Å². The van der Waals surface area contributed by atoms with Crippen molar-refractivity contribution in [1.29, 1.82) is 0 Å². The predicted molar refractivity (Wildman–Crippen MR) is 108 cm³/mol. The van der Waals surface area contributed by atoms with Gasteiger partial charge in [-0.3, -0.25) is 4.79 Å². The standard InChI is InChI=1S/C21H20ClN3O2/c1-27-18-6-8-19-15(13-18)5-7-20(23-19)21(26)25-11-9-24(10-12-25)17-4-2-3-16(22)14-17/h2-8,13-14H,9-12H2,1H3. The summed E-state index contributed by atoms with van der Waals surface area (Å²) in [6.07, 6.45) is 0. The Morgan fingerprint density at radius 3 is 2.59 bits per heavy atom. The maximum atomic E-state index is 12.9. The van der Waals surface area contributed by atoms with E-state index >= 15 is 0 Å². The van der Waals surface area contributed by atoms with E-state index in [-0.39, 0.29) is 5.91 Å². The van der Waals surface area contributed by atoms with E-state index in [1.54, 1.807) is 13.2 Å². The topological polar surface area (TPSA) is 45.7 Å². The van der Waals surface area contributed by atoms with E-state index in [1.807, 2.05) is 53.4 Å². The molecule has 0 aliphatic carbocycles. The van der Waals surface area contributed by atoms with E-state index in [0.29, 0.717) is 18.8 Å². The highest BCUT2D eigenvalue weighted by Crippen LogP contribution is 2.22. The Morgan fingerprint density at radius 1 is 1.04 bits per heavy atom. The molecule has 2 heterocycles. The van der Waals surface area contributed by atoms with Crippen LogP contribution in [0.15, 0.2) is 54.6 Å². The molecule has 0 unspecified atom stereocenters. The molecule has 3 aromatic rings. The lowest BCUT2D eigenvalue weighted by Gasteiger charge is -2.36. The van der Waals surface area contributed by atoms with Gasteiger partial charge in [-0.05, 0) is 42.5 Å². The summed E-state index contributed by atoms with van der Waals surface area (Å²) in [5.41, 5.74) is 2.36. The van der Waals surface area contributed by atoms with Crippen LogP contribution in [0.2, 0.25) is 5.02 Å². The highest BCUT2D eigenvalue weighted by atomic mass is 35.5. The minimum Gasteiger partial charge on any atom is -0.497 e. The number of aromatic nitrogens is 1. The van der Waals surface area contributed by atoms with Crippen LogP contribution in [0.3, 0.4) is 0 Å². The molecule has 1 fully saturated rings. The largest absolute Gasteiger partial charge is 0.497 e. The fraction of sp³-hybridized carbons (Fsp3) is 0.238. The highest BCUT2D eigenvalue weighted by molar-refractivity contribution is 6.30. The summed E-state index contributed by atoms with van der Waals surface area (Å²) in [6, 6.07) is 17.2. The molecule has 1 amide bonds. The molecule has 4 rings (SSSR count). The normalized spacial score (nSPS) is 14.4. The SMILES string of the molecule is COc1ccc2nc(C(=O)N3CCN(c4cccc(Cl)c4)CC3)ccc2c1. The molecule has 0 spiro atoms. The number of anilines is 1. The number of methoxy groups -OCH3 is 1. The Morgan fingerprint density at radius 2 is 1.85 bits per heavy atom. The summed E-state index contributed by atoms with van der Waals surface area (Å²) in [7, 11) is 1.63. The quantitative estimate of drug-likeness (QED) is 0.691. The summed E-state index contributed by atoms with van der Waals surface area (Å²) in [5, 5.41) is 1.68. The first-order chi connectivity index (χ1) is 13.1. The minimum absolute atomic E-state index is 0.0292. The molecule has 27 heavy (non-hydrogen) atoms. The molecule has 2 aromatic carbocycles. The summed E-state index contributed by atoms with van der Waals surface area (Å²) >= 11 is 6.08. The summed E-state index contributed by atoms with van der Waals surface area (Å²) in [6.45, 7) is 2.87. The zero-order valence-electron chi connectivity index (χ0n) is 15.1. The van der Waals surface area contributed by atoms with Crippen molar-refractivity contribution in [3.63, 3.8) is 0 Å². The molecule has 0 saturated carbocycles. The predicted octanol–water partition coefficient (Wildman–Crippen LogP) is 3.86. The fourth-order valence-corrected chi connectivity index (χ4v) is 3.54. The number of fused-ring (bicyclic) bond motifs is 1. The second kappa shape index (κ2) is 7.45. The zero-order valence-corrected chi connectivity index (χ0v) is 15.8. The number of nitrogens with zero attached hydrogens (tertiary/aromatic N) is 3. The van der Waals surface area contributed by atoms with Crippen molar-refractivity contribution in [2.75, 3.05) is 38.2 Å². The number of piperazine rings is 1. The number of benzene rings is 2. The Bertz CT molecular complexity index is 984. The second-order valence-electron chi connectivity index (χ2n) is 6.51. The van der Waals surface area contributed by atoms with Gasteiger partial charge in [0.05, 0.1) is 12.6 Å². The van der Waals surface area contributed by atoms with E-state index in [0.717, 1.165) is 40.5 Å². The van der Waals surface area contributed by atoms with E-state index < -0.39 is 0 Å². The number of pyridine rings is 1. The van der Waals surface area contributed by atoms with E-state index in [4.69, 9.17) is 16.3 Å². The van der Waals surface area contributed by atoms with E-state index in [9.17, 15) is 4.79 Å². The highest BCUT2D eigenvalue weighted by Gasteiger charge is 2.23. The Balaban J connectivity index is 1.47. The average Bonchev–Trinajstić information content (AvgIpc) is 2.72. The van der Waals surface area contributed by atoms with Gasteiger partial charge in [0.25, 0.3) is 5.91 Å². The lowest BCUT2D eigenvalue weighted by atomic mass is 10.1. The van der Waals surface area contributed by atoms with Crippen molar-refractivity contribution < 1.29 is 9.53 Å². The molecular weight excluding hydrogens is 362 g/mol. The number of halogens is 1. The van der Waals surface area contributed by atoms with E-state index in [1.165, 1.54) is 0 Å². The number of amides is 1. The molecule has 1 aliphatic heterocycles. The number of rotatable bonds is 3. The van der Waals surface area contributed by atoms with Gasteiger partial charge in [-0.1, -0.05) is 23.7 Å². The van der Waals surface area contributed by atoms with Crippen LogP contribution in [0.5, 0.6) is 5.75 Å². The summed E-state index contributed by atoms with van der Waals surface area (Å²) in [4.78, 5) is 21.5. The molecule has 1 aliphatic rings. The maximum Gasteiger partial charge on any atom is 0.272 e. The molecular formula is C21H20ClN3O2. The molecule has 5 nitrogen and oxygen atoms in total. The van der Waals surface area contributed by atoms with Crippen LogP contribution < -0.4 is 9.64 Å². The van der Waals surface area contributed by atoms with Crippen LogP contribution in [0, 0.1) is 0 Å². The van der Waals surface area contributed by atoms with Crippen LogP contribution in [0.1, 0.15) is 10.5 Å². The molecule has 1 saturated heterocycles. The first-order valence-electron chi connectivity index (χ1n) is 8.88. The number of carbonyl (C=O) groups is 1. The molecule has 138 valence electrons. The zero-order chi connectivity index (χ0) is 18.8. The Labute approximate surface area is 163 Å². The second-order valence-corrected chi connectivity index (χ2v) is 6.95. The van der Waals surface area contributed by atoms with Crippen molar-refractivity contribution in [3.8, 4) is 5.75 Å². The number of hydrogen-bond acceptors (Lipinski definition) is 4. The maximum absolute atomic E-state index is 12.9. The molecule has 0 radical (unpaired) electrons. The van der Waals surface area contributed by atoms with Crippen molar-refractivity contribution in [3.05, 3.63) is 65.3 Å². The van der Waals surface area contributed by atoms with Crippen LogP contribution >= 0.6 is 11.6 Å². The van der Waals surface area contributed by atoms with Gasteiger partial charge in [-0.15, -0.1) is 0 Å². The number of hydrogen-bond donors (Lipinski definition) is 0. The van der Waals surface area contributed by atoms with Gasteiger partial charge in [0.15, 0.2) is 0 Å². The van der Waals surface area contributed by atoms with Crippen LogP contribution in [0.25, 0.3) is 10.9 Å². The number of ether oxygens (including phenoxy) is 1. The summed E-state index contributed by atoms with van der Waals surface area (Å²) in [5.74, 6) is 0.749. The smallest absolute Gasteiger partial charge is 0.272 e. The molecule has 1 aromatic heterocycles. The van der Waals surface area contributed by atoms with Crippen molar-refractivity contribution >= 4 is 34.1 Å². The van der Waals surface area contributed by atoms with Crippen LogP contribution in [-0.2, 0) is 0 Å². The third kappa shape index (κ3) is 3.69. The van der Waals surface area contributed by atoms with Gasteiger partial charge in [-0.2, -0.15) is 0 Å². The molecule has 0 atom stereocenters. The van der Waals surface area contributed by atoms with Gasteiger partial charge in [0, 0.05) is 42.3 Å². The molecule has 0 N–H and O–H groups in total. The molecule has 6 heteroatoms. The summed E-state index contributed by atoms with van der Waals surface area (Å²) < 4.78 is 5.23. The minimum atomic E-state index is -0.0292. The number of carbonyl (C=O) groups excluding carboxylic acids is 1. The van der Waals surface area contributed by atoms with Gasteiger partial charge >= 0.3 is 0 Å². The van der Waals surface area contributed by atoms with Crippen molar-refractivity contribution in [1.82, 2.24) is 9.88 Å². The van der Waals surface area contributed by atoms with Gasteiger partial charge in [0.2, 0.25) is 0 Å². The van der Waals surface area contributed by atoms with Gasteiger partial charge < -0.3 is 14.5 Å². The fourth-order valence-electron chi connectivity index (χ4n) is 3.35.